The van der Waals surface area contributed by atoms with Crippen molar-refractivity contribution in [2.24, 2.45) is 10.8 Å². The highest BCUT2D eigenvalue weighted by Crippen LogP contribution is 2.49. The summed E-state index contributed by atoms with van der Waals surface area (Å²) in [4.78, 5) is 0. The molecular formula is C18H26N2. The lowest BCUT2D eigenvalue weighted by Gasteiger charge is -2.49. The molecule has 0 unspecified atom stereocenters. The van der Waals surface area contributed by atoms with Crippen molar-refractivity contribution in [1.82, 2.24) is 5.32 Å². The predicted octanol–water partition coefficient (Wildman–Crippen LogP) is 4.27. The summed E-state index contributed by atoms with van der Waals surface area (Å²) < 4.78 is 0. The second-order valence-corrected chi connectivity index (χ2v) is 7.89. The highest BCUT2D eigenvalue weighted by molar-refractivity contribution is 5.19. The number of benzene rings is 1. The lowest BCUT2D eigenvalue weighted by molar-refractivity contribution is 0.0544. The monoisotopic (exact) mass is 270 g/mol. The summed E-state index contributed by atoms with van der Waals surface area (Å²) in [5.41, 5.74) is 1.26. The highest BCUT2D eigenvalue weighted by atomic mass is 15.0. The van der Waals surface area contributed by atoms with Crippen LogP contribution in [0, 0.1) is 22.2 Å². The molecule has 0 heterocycles. The molecule has 108 valence electrons. The fraction of sp³-hybridized carbons (Fsp3) is 0.611. The molecule has 0 saturated heterocycles. The van der Waals surface area contributed by atoms with E-state index in [0.717, 1.165) is 19.4 Å². The number of rotatable bonds is 3. The predicted molar refractivity (Wildman–Crippen MR) is 83.0 cm³/mol. The molecule has 0 bridgehead atoms. The topological polar surface area (TPSA) is 35.8 Å². The summed E-state index contributed by atoms with van der Waals surface area (Å²) in [6, 6.07) is 12.9. The molecular weight excluding hydrogens is 244 g/mol. The molecule has 0 radical (unpaired) electrons. The molecule has 0 aromatic heterocycles. The van der Waals surface area contributed by atoms with Gasteiger partial charge < -0.3 is 0 Å². The van der Waals surface area contributed by atoms with E-state index in [9.17, 15) is 5.26 Å². The Labute approximate surface area is 123 Å². The van der Waals surface area contributed by atoms with Gasteiger partial charge in [0, 0.05) is 6.54 Å². The first-order valence-electron chi connectivity index (χ1n) is 7.46. The summed E-state index contributed by atoms with van der Waals surface area (Å²) in [7, 11) is 0. The lowest BCUT2D eigenvalue weighted by Crippen LogP contribution is -2.53. The van der Waals surface area contributed by atoms with Gasteiger partial charge in [-0.2, -0.15) is 5.26 Å². The van der Waals surface area contributed by atoms with E-state index in [-0.39, 0.29) is 10.8 Å². The molecule has 1 aromatic carbocycles. The van der Waals surface area contributed by atoms with E-state index in [1.54, 1.807) is 0 Å². The number of nitrogens with one attached hydrogen (secondary N) is 1. The van der Waals surface area contributed by atoms with Crippen molar-refractivity contribution in [2.45, 2.75) is 59.0 Å². The normalized spacial score (nSPS) is 22.9. The van der Waals surface area contributed by atoms with E-state index < -0.39 is 5.54 Å². The molecule has 1 fully saturated rings. The number of hydrogen-bond donors (Lipinski definition) is 1. The van der Waals surface area contributed by atoms with Gasteiger partial charge in [0.2, 0.25) is 0 Å². The van der Waals surface area contributed by atoms with Crippen LogP contribution in [0.25, 0.3) is 0 Å². The van der Waals surface area contributed by atoms with Crippen LogP contribution in [-0.4, -0.2) is 5.54 Å². The Bertz CT molecular complexity index is 478. The van der Waals surface area contributed by atoms with Gasteiger partial charge in [-0.1, -0.05) is 58.0 Å². The van der Waals surface area contributed by atoms with Crippen LogP contribution in [0.5, 0.6) is 0 Å². The second kappa shape index (κ2) is 5.22. The Hall–Kier alpha value is -1.33. The molecule has 1 aliphatic carbocycles. The minimum atomic E-state index is -0.402. The third kappa shape index (κ3) is 3.61. The molecule has 0 spiro atoms. The largest absolute Gasteiger partial charge is 0.295 e. The minimum Gasteiger partial charge on any atom is -0.295 e. The van der Waals surface area contributed by atoms with E-state index in [1.165, 1.54) is 12.0 Å². The van der Waals surface area contributed by atoms with Crippen LogP contribution in [0.2, 0.25) is 0 Å². The van der Waals surface area contributed by atoms with Crippen molar-refractivity contribution < 1.29 is 0 Å². The summed E-state index contributed by atoms with van der Waals surface area (Å²) in [6.45, 7) is 9.89. The maximum atomic E-state index is 9.77. The SMILES string of the molecule is CC1(C)CC(C)(C)CC(C#N)(NCc2ccccc2)C1. The second-order valence-electron chi connectivity index (χ2n) is 7.89. The van der Waals surface area contributed by atoms with E-state index >= 15 is 0 Å². The van der Waals surface area contributed by atoms with Crippen LogP contribution in [0.4, 0.5) is 0 Å². The fourth-order valence-corrected chi connectivity index (χ4v) is 4.23. The van der Waals surface area contributed by atoms with Gasteiger partial charge in [-0.05, 0) is 35.7 Å². The number of nitrogens with zero attached hydrogens (tertiary/aromatic N) is 1. The third-order valence-corrected chi connectivity index (χ3v) is 4.21. The van der Waals surface area contributed by atoms with Gasteiger partial charge in [-0.3, -0.25) is 5.32 Å². The van der Waals surface area contributed by atoms with Gasteiger partial charge in [0.1, 0.15) is 5.54 Å². The fourth-order valence-electron chi connectivity index (χ4n) is 4.23. The Morgan fingerprint density at radius 1 is 1.00 bits per heavy atom. The maximum Gasteiger partial charge on any atom is 0.108 e. The molecule has 1 aromatic rings. The Morgan fingerprint density at radius 2 is 1.55 bits per heavy atom. The summed E-state index contributed by atoms with van der Waals surface area (Å²) in [5, 5.41) is 13.3. The van der Waals surface area contributed by atoms with Crippen LogP contribution in [0.15, 0.2) is 30.3 Å². The van der Waals surface area contributed by atoms with E-state index in [4.69, 9.17) is 0 Å². The Kier molecular flexibility index (Phi) is 3.93. The summed E-state index contributed by atoms with van der Waals surface area (Å²) in [5.74, 6) is 0. The average Bonchev–Trinajstić information content (AvgIpc) is 2.34. The van der Waals surface area contributed by atoms with Crippen LogP contribution >= 0.6 is 0 Å². The first kappa shape index (κ1) is 15.1. The van der Waals surface area contributed by atoms with Crippen LogP contribution in [-0.2, 0) is 6.54 Å². The first-order chi connectivity index (χ1) is 9.26. The average molecular weight is 270 g/mol. The summed E-state index contributed by atoms with van der Waals surface area (Å²) >= 11 is 0. The zero-order valence-corrected chi connectivity index (χ0v) is 13.2. The first-order valence-corrected chi connectivity index (χ1v) is 7.46. The molecule has 2 nitrogen and oxygen atoms in total. The van der Waals surface area contributed by atoms with E-state index in [1.807, 2.05) is 18.2 Å². The van der Waals surface area contributed by atoms with Gasteiger partial charge in [0.15, 0.2) is 0 Å². The lowest BCUT2D eigenvalue weighted by atomic mass is 9.59. The molecule has 2 rings (SSSR count). The van der Waals surface area contributed by atoms with Gasteiger partial charge >= 0.3 is 0 Å². The molecule has 1 saturated carbocycles. The molecule has 2 heteroatoms. The number of hydrogen-bond acceptors (Lipinski definition) is 2. The third-order valence-electron chi connectivity index (χ3n) is 4.21. The molecule has 0 amide bonds. The van der Waals surface area contributed by atoms with Crippen molar-refractivity contribution in [3.05, 3.63) is 35.9 Å². The van der Waals surface area contributed by atoms with Gasteiger partial charge in [0.25, 0.3) is 0 Å². The van der Waals surface area contributed by atoms with E-state index in [2.05, 4.69) is 51.2 Å². The van der Waals surface area contributed by atoms with Crippen molar-refractivity contribution in [3.63, 3.8) is 0 Å². The maximum absolute atomic E-state index is 9.77. The van der Waals surface area contributed by atoms with E-state index in [0.29, 0.717) is 0 Å². The Morgan fingerprint density at radius 3 is 2.05 bits per heavy atom. The van der Waals surface area contributed by atoms with Crippen molar-refractivity contribution in [2.75, 3.05) is 0 Å². The van der Waals surface area contributed by atoms with Crippen molar-refractivity contribution in [1.29, 1.82) is 5.26 Å². The molecule has 1 aliphatic rings. The molecule has 1 N–H and O–H groups in total. The van der Waals surface area contributed by atoms with Gasteiger partial charge in [0.05, 0.1) is 6.07 Å². The zero-order chi connectivity index (χ0) is 14.9. The smallest absolute Gasteiger partial charge is 0.108 e. The minimum absolute atomic E-state index is 0.209. The van der Waals surface area contributed by atoms with Crippen molar-refractivity contribution >= 4 is 0 Å². The molecule has 20 heavy (non-hydrogen) atoms. The quantitative estimate of drug-likeness (QED) is 0.890. The van der Waals surface area contributed by atoms with Crippen LogP contribution < -0.4 is 5.32 Å². The highest BCUT2D eigenvalue weighted by Gasteiger charge is 2.47. The van der Waals surface area contributed by atoms with Gasteiger partial charge in [-0.25, -0.2) is 0 Å². The van der Waals surface area contributed by atoms with Crippen LogP contribution in [0.3, 0.4) is 0 Å². The molecule has 0 aliphatic heterocycles. The summed E-state index contributed by atoms with van der Waals surface area (Å²) in [6.07, 6.45) is 3.02. The van der Waals surface area contributed by atoms with Gasteiger partial charge in [-0.15, -0.1) is 0 Å². The standard InChI is InChI=1S/C18H26N2/c1-16(2)11-17(3,4)13-18(12-16,14-19)20-10-15-8-6-5-7-9-15/h5-9,20H,10-13H2,1-4H3. The number of nitriles is 1. The molecule has 0 atom stereocenters. The van der Waals surface area contributed by atoms with Crippen molar-refractivity contribution in [3.8, 4) is 6.07 Å². The zero-order valence-electron chi connectivity index (χ0n) is 13.2. The van der Waals surface area contributed by atoms with Crippen LogP contribution in [0.1, 0.15) is 52.5 Å². The Balaban J connectivity index is 2.15.